The van der Waals surface area contributed by atoms with Gasteiger partial charge < -0.3 is 33.5 Å². The van der Waals surface area contributed by atoms with Crippen LogP contribution < -0.4 is 9.47 Å². The molecular weight excluding hydrogens is 957 g/mol. The smallest absolute Gasteiger partial charge is 0.330 e. The minimum absolute atomic E-state index is 0.0643. The van der Waals surface area contributed by atoms with Crippen molar-refractivity contribution in [2.45, 2.75) is 171 Å². The molecular formula is C56H74N2O12S2. The van der Waals surface area contributed by atoms with E-state index in [9.17, 15) is 39.6 Å². The van der Waals surface area contributed by atoms with E-state index in [1.54, 1.807) is 6.07 Å². The molecule has 0 radical (unpaired) electrons. The summed E-state index contributed by atoms with van der Waals surface area (Å²) in [4.78, 5) is 66.1. The first-order valence-electron chi connectivity index (χ1n) is 26.2. The topological polar surface area (TPSA) is 209 Å². The van der Waals surface area contributed by atoms with Crippen LogP contribution in [0.2, 0.25) is 0 Å². The third-order valence-electron chi connectivity index (χ3n) is 15.4. The Morgan fingerprint density at radius 1 is 0.625 bits per heavy atom. The van der Waals surface area contributed by atoms with Crippen molar-refractivity contribution in [2.24, 2.45) is 47.3 Å². The Balaban J connectivity index is 1.01. The highest BCUT2D eigenvalue weighted by Gasteiger charge is 2.40. The summed E-state index contributed by atoms with van der Waals surface area (Å²) >= 11 is 2.40. The van der Waals surface area contributed by atoms with Crippen LogP contribution in [0.15, 0.2) is 51.0 Å². The Morgan fingerprint density at radius 3 is 1.44 bits per heavy atom. The maximum atomic E-state index is 14.2. The third kappa shape index (κ3) is 15.7. The van der Waals surface area contributed by atoms with E-state index >= 15 is 0 Å². The summed E-state index contributed by atoms with van der Waals surface area (Å²) in [6.07, 6.45) is 17.4. The van der Waals surface area contributed by atoms with Crippen LogP contribution in [0.25, 0.3) is 0 Å². The van der Waals surface area contributed by atoms with Gasteiger partial charge in [-0.2, -0.15) is 10.5 Å². The molecule has 1 aromatic carbocycles. The average Bonchev–Trinajstić information content (AvgIpc) is 3.84. The Hall–Kier alpha value is -4.61. The van der Waals surface area contributed by atoms with Gasteiger partial charge in [0.1, 0.15) is 29.2 Å². The van der Waals surface area contributed by atoms with Gasteiger partial charge in [0.15, 0.2) is 6.29 Å². The molecule has 0 spiro atoms. The second kappa shape index (κ2) is 27.6. The molecule has 1 aliphatic heterocycles. The third-order valence-corrected chi connectivity index (χ3v) is 18.0. The molecule has 4 saturated carbocycles. The minimum atomic E-state index is -0.982. The number of hydrogen-bond acceptors (Lipinski definition) is 16. The van der Waals surface area contributed by atoms with E-state index in [4.69, 9.17) is 28.4 Å². The molecule has 1 unspecified atom stereocenters. The van der Waals surface area contributed by atoms with Gasteiger partial charge in [0.25, 0.3) is 0 Å². The number of carbonyl (C=O) groups excluding carboxylic acids is 5. The number of ether oxygens (including phenoxy) is 6. The zero-order valence-corrected chi connectivity index (χ0v) is 44.1. The standard InChI is InChI=1S/C56H74N2O12S2/c1-6-46(59)65-28-8-10-30-67-51(61)39-20-12-35(13-21-39)37-16-24-41(25-17-37)53(63)69-45-32-44(56(3,4)5)48(50-49(45)71-55(72-50)43(33-57)34-58)70-54(64)42-26-18-38(19-27-42)36-14-22-40(23-15-36)52(62)68-31-11-9-29-66-47(60)7-2/h6-7,32,35-42,46,59H,1-2,8-31H2,3-5H3. The van der Waals surface area contributed by atoms with Gasteiger partial charge in [-0.05, 0) is 170 Å². The number of benzene rings is 1. The molecule has 0 saturated heterocycles. The van der Waals surface area contributed by atoms with E-state index in [-0.39, 0.29) is 59.7 Å². The lowest BCUT2D eigenvalue weighted by Crippen LogP contribution is -2.32. The van der Waals surface area contributed by atoms with Crippen molar-refractivity contribution in [2.75, 3.05) is 26.4 Å². The number of esters is 5. The van der Waals surface area contributed by atoms with Gasteiger partial charge in [-0.25, -0.2) is 4.79 Å². The lowest BCUT2D eigenvalue weighted by atomic mass is 9.69. The molecule has 1 atom stereocenters. The van der Waals surface area contributed by atoms with Crippen molar-refractivity contribution >= 4 is 53.4 Å². The Morgan fingerprint density at radius 2 is 1.03 bits per heavy atom. The number of carbonyl (C=O) groups is 5. The van der Waals surface area contributed by atoms with Gasteiger partial charge >= 0.3 is 29.8 Å². The maximum Gasteiger partial charge on any atom is 0.330 e. The highest BCUT2D eigenvalue weighted by atomic mass is 32.2. The number of nitriles is 2. The predicted octanol–water partition coefficient (Wildman–Crippen LogP) is 11.4. The number of unbranched alkanes of at least 4 members (excludes halogenated alkanes) is 2. The number of allylic oxidation sites excluding steroid dienone is 1. The molecule has 392 valence electrons. The van der Waals surface area contributed by atoms with Gasteiger partial charge in [0.2, 0.25) is 0 Å². The second-order valence-corrected chi connectivity index (χ2v) is 23.5. The van der Waals surface area contributed by atoms with Gasteiger partial charge in [0.05, 0.1) is 64.1 Å². The number of aliphatic hydroxyl groups excluding tert-OH is 1. The van der Waals surface area contributed by atoms with Crippen molar-refractivity contribution in [1.29, 1.82) is 10.5 Å². The Kier molecular flexibility index (Phi) is 21.7. The van der Waals surface area contributed by atoms with Crippen molar-refractivity contribution in [3.63, 3.8) is 0 Å². The molecule has 6 rings (SSSR count). The summed E-state index contributed by atoms with van der Waals surface area (Å²) in [7, 11) is 0. The van der Waals surface area contributed by atoms with Crippen LogP contribution in [0.4, 0.5) is 0 Å². The molecule has 4 aliphatic carbocycles. The van der Waals surface area contributed by atoms with Crippen molar-refractivity contribution in [3.8, 4) is 23.6 Å². The molecule has 1 heterocycles. The molecule has 1 aromatic rings. The van der Waals surface area contributed by atoms with Crippen LogP contribution in [-0.2, 0) is 48.3 Å². The van der Waals surface area contributed by atoms with Crippen LogP contribution in [-0.4, -0.2) is 67.7 Å². The van der Waals surface area contributed by atoms with Crippen molar-refractivity contribution in [1.82, 2.24) is 0 Å². The lowest BCUT2D eigenvalue weighted by molar-refractivity contribution is -0.151. The lowest BCUT2D eigenvalue weighted by Gasteiger charge is -2.37. The summed E-state index contributed by atoms with van der Waals surface area (Å²) in [6.45, 7) is 14.2. The largest absolute Gasteiger partial charge is 0.465 e. The highest BCUT2D eigenvalue weighted by molar-refractivity contribution is 8.24. The van der Waals surface area contributed by atoms with E-state index in [1.165, 1.54) is 29.6 Å². The minimum Gasteiger partial charge on any atom is -0.465 e. The number of hydrogen-bond donors (Lipinski definition) is 1. The Labute approximate surface area is 434 Å². The SMILES string of the molecule is C=CC(=O)OCCCCOC(=O)C1CCC(C2CCC(C(=O)Oc3c(C(C)(C)C)cc(OC(=O)C4CCC(C5CCC(C(=O)OCCCCOC(O)C=C)CC5)CC4)c4c3SC(=C(C#N)C#N)S4)CC2)CC1. The molecule has 0 amide bonds. The summed E-state index contributed by atoms with van der Waals surface area (Å²) in [6, 6.07) is 5.81. The molecule has 72 heavy (non-hydrogen) atoms. The van der Waals surface area contributed by atoms with Crippen molar-refractivity contribution in [3.05, 3.63) is 46.8 Å². The van der Waals surface area contributed by atoms with Gasteiger partial charge in [-0.1, -0.05) is 57.5 Å². The maximum absolute atomic E-state index is 14.2. The van der Waals surface area contributed by atoms with Crippen LogP contribution in [0.3, 0.4) is 0 Å². The van der Waals surface area contributed by atoms with E-state index in [1.807, 2.05) is 32.9 Å². The zero-order chi connectivity index (χ0) is 51.8. The fraction of sp³-hybridized carbons (Fsp3) is 0.661. The van der Waals surface area contributed by atoms with Crippen LogP contribution >= 0.6 is 23.5 Å². The molecule has 1 N–H and O–H groups in total. The van der Waals surface area contributed by atoms with E-state index in [0.717, 1.165) is 83.1 Å². The summed E-state index contributed by atoms with van der Waals surface area (Å²) in [5.74, 6) is 0.432. The predicted molar refractivity (Wildman–Crippen MR) is 272 cm³/mol. The number of thioether (sulfide) groups is 2. The van der Waals surface area contributed by atoms with E-state index in [0.29, 0.717) is 126 Å². The second-order valence-electron chi connectivity index (χ2n) is 21.2. The number of rotatable bonds is 21. The monoisotopic (exact) mass is 1030 g/mol. The highest BCUT2D eigenvalue weighted by Crippen LogP contribution is 2.61. The zero-order valence-electron chi connectivity index (χ0n) is 42.5. The van der Waals surface area contributed by atoms with Crippen molar-refractivity contribution < 1.29 is 57.5 Å². The van der Waals surface area contributed by atoms with Crippen LogP contribution in [0.1, 0.15) is 155 Å². The number of nitrogens with zero attached hydrogens (tertiary/aromatic N) is 2. The normalized spacial score (nSPS) is 25.6. The molecule has 0 aromatic heterocycles. The van der Waals surface area contributed by atoms with E-state index in [2.05, 4.69) is 13.2 Å². The van der Waals surface area contributed by atoms with Gasteiger partial charge in [0, 0.05) is 11.6 Å². The molecule has 0 bridgehead atoms. The number of fused-ring (bicyclic) bond motifs is 1. The Bertz CT molecular complexity index is 2190. The van der Waals surface area contributed by atoms with Gasteiger partial charge in [-0.15, -0.1) is 0 Å². The van der Waals surface area contributed by atoms with Crippen LogP contribution in [0.5, 0.6) is 11.5 Å². The first-order valence-corrected chi connectivity index (χ1v) is 27.9. The fourth-order valence-electron chi connectivity index (χ4n) is 11.1. The molecule has 14 nitrogen and oxygen atoms in total. The van der Waals surface area contributed by atoms with Gasteiger partial charge in [-0.3, -0.25) is 19.2 Å². The van der Waals surface area contributed by atoms with Crippen LogP contribution in [0, 0.1) is 70.0 Å². The summed E-state index contributed by atoms with van der Waals surface area (Å²) < 4.78 is 34.4. The molecule has 4 fully saturated rings. The first-order chi connectivity index (χ1) is 34.6. The average molecular weight is 1030 g/mol. The first kappa shape index (κ1) is 56.7. The summed E-state index contributed by atoms with van der Waals surface area (Å²) in [5, 5.41) is 29.2. The quantitative estimate of drug-likeness (QED) is 0.0177. The summed E-state index contributed by atoms with van der Waals surface area (Å²) in [5.41, 5.74) is 0.0879. The van der Waals surface area contributed by atoms with E-state index < -0.39 is 17.7 Å². The molecule has 5 aliphatic rings. The fourth-order valence-corrected chi connectivity index (χ4v) is 13.6. The molecule has 16 heteroatoms. The number of aliphatic hydroxyl groups is 1.